The summed E-state index contributed by atoms with van der Waals surface area (Å²) in [6, 6.07) is 16.4. The first-order valence-corrected chi connectivity index (χ1v) is 11.2. The van der Waals surface area contributed by atoms with Crippen molar-refractivity contribution in [3.63, 3.8) is 0 Å². The Bertz CT molecular complexity index is 1350. The molecule has 34 heavy (non-hydrogen) atoms. The van der Waals surface area contributed by atoms with Gasteiger partial charge in [0.15, 0.2) is 16.7 Å². The molecule has 172 valence electrons. The highest BCUT2D eigenvalue weighted by atomic mass is 32.2. The Labute approximate surface area is 200 Å². The standard InChI is InChI=1S/C26H21FN2O4S/c1-15-8-9-16(2)20(12-15)28-26-29-24(30)23(34-26)14-17-10-11-21(22(13-17)32-3)33-25(31)18-6-4-5-7-19(18)27/h4-14H,1-3H3,(H,28,29,30). The molecule has 0 radical (unpaired) electrons. The van der Waals surface area contributed by atoms with E-state index in [4.69, 9.17) is 9.47 Å². The van der Waals surface area contributed by atoms with Gasteiger partial charge in [-0.15, -0.1) is 0 Å². The van der Waals surface area contributed by atoms with Crippen molar-refractivity contribution >= 4 is 40.6 Å². The number of hydrogen-bond acceptors (Lipinski definition) is 6. The molecule has 0 saturated carbocycles. The Morgan fingerprint density at radius 2 is 1.85 bits per heavy atom. The fraction of sp³-hybridized carbons (Fsp3) is 0.115. The molecule has 0 bridgehead atoms. The predicted molar refractivity (Wildman–Crippen MR) is 131 cm³/mol. The van der Waals surface area contributed by atoms with E-state index in [2.05, 4.69) is 10.3 Å². The average Bonchev–Trinajstić information content (AvgIpc) is 3.15. The van der Waals surface area contributed by atoms with E-state index in [1.54, 1.807) is 24.3 Å². The van der Waals surface area contributed by atoms with Gasteiger partial charge in [0, 0.05) is 0 Å². The van der Waals surface area contributed by atoms with Gasteiger partial charge in [-0.3, -0.25) is 4.79 Å². The summed E-state index contributed by atoms with van der Waals surface area (Å²) < 4.78 is 24.5. The first-order chi connectivity index (χ1) is 16.3. The Kier molecular flexibility index (Phi) is 6.79. The molecule has 0 atom stereocenters. The Balaban J connectivity index is 1.54. The summed E-state index contributed by atoms with van der Waals surface area (Å²) in [5.74, 6) is -1.36. The van der Waals surface area contributed by atoms with E-state index in [-0.39, 0.29) is 23.0 Å². The van der Waals surface area contributed by atoms with Crippen LogP contribution in [0.1, 0.15) is 27.0 Å². The van der Waals surface area contributed by atoms with Crippen LogP contribution in [0.3, 0.4) is 0 Å². The Hall–Kier alpha value is -3.91. The van der Waals surface area contributed by atoms with Crippen LogP contribution < -0.4 is 14.8 Å². The lowest BCUT2D eigenvalue weighted by Gasteiger charge is -2.10. The van der Waals surface area contributed by atoms with Gasteiger partial charge < -0.3 is 14.8 Å². The molecule has 1 amide bonds. The summed E-state index contributed by atoms with van der Waals surface area (Å²) >= 11 is 1.23. The lowest BCUT2D eigenvalue weighted by atomic mass is 10.1. The van der Waals surface area contributed by atoms with Crippen LogP contribution in [0.5, 0.6) is 11.5 Å². The number of ether oxygens (including phenoxy) is 2. The number of aryl methyl sites for hydroxylation is 2. The van der Waals surface area contributed by atoms with E-state index in [9.17, 15) is 14.0 Å². The first kappa shape index (κ1) is 23.3. The number of thioether (sulfide) groups is 1. The van der Waals surface area contributed by atoms with Crippen LogP contribution in [0.25, 0.3) is 6.08 Å². The normalized spacial score (nSPS) is 15.5. The molecule has 1 aliphatic heterocycles. The number of aliphatic imine (C=N–C) groups is 1. The van der Waals surface area contributed by atoms with Crippen molar-refractivity contribution in [2.75, 3.05) is 7.11 Å². The van der Waals surface area contributed by atoms with E-state index in [0.717, 1.165) is 16.8 Å². The maximum atomic E-state index is 13.9. The minimum atomic E-state index is -0.833. The lowest BCUT2D eigenvalue weighted by Crippen LogP contribution is -2.19. The van der Waals surface area contributed by atoms with Crippen LogP contribution in [-0.4, -0.2) is 24.2 Å². The number of carbonyl (C=O) groups excluding carboxylic acids is 2. The van der Waals surface area contributed by atoms with Crippen LogP contribution in [0.15, 0.2) is 70.6 Å². The maximum Gasteiger partial charge on any atom is 0.346 e. The molecule has 0 spiro atoms. The van der Waals surface area contributed by atoms with Gasteiger partial charge in [-0.1, -0.05) is 30.3 Å². The Morgan fingerprint density at radius 1 is 1.06 bits per heavy atom. The summed E-state index contributed by atoms with van der Waals surface area (Å²) in [5, 5.41) is 3.27. The highest BCUT2D eigenvalue weighted by molar-refractivity contribution is 8.18. The smallest absolute Gasteiger partial charge is 0.346 e. The van der Waals surface area contributed by atoms with Crippen molar-refractivity contribution in [3.05, 3.63) is 93.6 Å². The van der Waals surface area contributed by atoms with Crippen molar-refractivity contribution < 1.29 is 23.5 Å². The molecule has 1 fully saturated rings. The first-order valence-electron chi connectivity index (χ1n) is 10.4. The van der Waals surface area contributed by atoms with Crippen LogP contribution in [-0.2, 0) is 4.79 Å². The number of methoxy groups -OCH3 is 1. The second-order valence-electron chi connectivity index (χ2n) is 7.55. The SMILES string of the molecule is COc1cc(C=C2SC(=Nc3cc(C)ccc3C)NC2=O)ccc1OC(=O)c1ccccc1F. The molecule has 1 saturated heterocycles. The van der Waals surface area contributed by atoms with E-state index in [1.165, 1.54) is 43.1 Å². The fourth-order valence-corrected chi connectivity index (χ4v) is 4.06. The summed E-state index contributed by atoms with van der Waals surface area (Å²) in [5.41, 5.74) is 3.37. The number of rotatable bonds is 5. The van der Waals surface area contributed by atoms with Gasteiger partial charge in [0.05, 0.1) is 23.3 Å². The molecule has 1 heterocycles. The molecular formula is C26H21FN2O4S. The van der Waals surface area contributed by atoms with E-state index < -0.39 is 11.8 Å². The number of carbonyl (C=O) groups is 2. The van der Waals surface area contributed by atoms with Crippen molar-refractivity contribution in [3.8, 4) is 11.5 Å². The molecule has 0 unspecified atom stereocenters. The minimum absolute atomic E-state index is 0.138. The molecule has 0 aromatic heterocycles. The molecule has 8 heteroatoms. The van der Waals surface area contributed by atoms with Gasteiger partial charge >= 0.3 is 5.97 Å². The van der Waals surface area contributed by atoms with Crippen LogP contribution >= 0.6 is 11.8 Å². The molecular weight excluding hydrogens is 455 g/mol. The van der Waals surface area contributed by atoms with Crippen LogP contribution in [0.4, 0.5) is 10.1 Å². The molecule has 1 N–H and O–H groups in total. The van der Waals surface area contributed by atoms with E-state index >= 15 is 0 Å². The second-order valence-corrected chi connectivity index (χ2v) is 8.58. The van der Waals surface area contributed by atoms with E-state index in [0.29, 0.717) is 15.6 Å². The van der Waals surface area contributed by atoms with Crippen molar-refractivity contribution in [2.24, 2.45) is 4.99 Å². The van der Waals surface area contributed by atoms with Crippen LogP contribution in [0, 0.1) is 19.7 Å². The van der Waals surface area contributed by atoms with Gasteiger partial charge in [-0.05, 0) is 78.7 Å². The Morgan fingerprint density at radius 3 is 2.62 bits per heavy atom. The highest BCUT2D eigenvalue weighted by Crippen LogP contribution is 2.33. The lowest BCUT2D eigenvalue weighted by molar-refractivity contribution is -0.115. The van der Waals surface area contributed by atoms with Crippen molar-refractivity contribution in [1.82, 2.24) is 5.32 Å². The molecule has 4 rings (SSSR count). The molecule has 3 aromatic carbocycles. The quantitative estimate of drug-likeness (QED) is 0.296. The number of benzene rings is 3. The van der Waals surface area contributed by atoms with Gasteiger partial charge in [-0.2, -0.15) is 0 Å². The van der Waals surface area contributed by atoms with Gasteiger partial charge in [0.2, 0.25) is 0 Å². The number of nitrogens with one attached hydrogen (secondary N) is 1. The predicted octanol–water partition coefficient (Wildman–Crippen LogP) is 5.56. The third-order valence-corrected chi connectivity index (χ3v) is 5.93. The second kappa shape index (κ2) is 9.93. The molecule has 0 aliphatic carbocycles. The zero-order valence-corrected chi connectivity index (χ0v) is 19.5. The monoisotopic (exact) mass is 476 g/mol. The largest absolute Gasteiger partial charge is 0.493 e. The number of esters is 1. The number of hydrogen-bond donors (Lipinski definition) is 1. The fourth-order valence-electron chi connectivity index (χ4n) is 3.22. The van der Waals surface area contributed by atoms with Gasteiger partial charge in [-0.25, -0.2) is 14.2 Å². The number of amidine groups is 1. The third-order valence-electron chi connectivity index (χ3n) is 5.02. The summed E-state index contributed by atoms with van der Waals surface area (Å²) in [4.78, 5) is 29.8. The van der Waals surface area contributed by atoms with Gasteiger partial charge in [0.1, 0.15) is 5.82 Å². The number of halogens is 1. The van der Waals surface area contributed by atoms with Crippen molar-refractivity contribution in [1.29, 1.82) is 0 Å². The topological polar surface area (TPSA) is 77.0 Å². The molecule has 6 nitrogen and oxygen atoms in total. The third kappa shape index (κ3) is 5.18. The van der Waals surface area contributed by atoms with Crippen LogP contribution in [0.2, 0.25) is 0 Å². The number of amides is 1. The zero-order chi connectivity index (χ0) is 24.2. The van der Waals surface area contributed by atoms with E-state index in [1.807, 2.05) is 32.0 Å². The summed E-state index contributed by atoms with van der Waals surface area (Å²) in [7, 11) is 1.43. The molecule has 1 aliphatic rings. The maximum absolute atomic E-state index is 13.9. The van der Waals surface area contributed by atoms with Gasteiger partial charge in [0.25, 0.3) is 5.91 Å². The number of nitrogens with zero attached hydrogens (tertiary/aromatic N) is 1. The zero-order valence-electron chi connectivity index (χ0n) is 18.7. The van der Waals surface area contributed by atoms with Crippen molar-refractivity contribution in [2.45, 2.75) is 13.8 Å². The summed E-state index contributed by atoms with van der Waals surface area (Å²) in [6.07, 6.45) is 1.69. The minimum Gasteiger partial charge on any atom is -0.493 e. The summed E-state index contributed by atoms with van der Waals surface area (Å²) in [6.45, 7) is 3.95. The average molecular weight is 477 g/mol. The highest BCUT2D eigenvalue weighted by Gasteiger charge is 2.24. The molecule has 3 aromatic rings.